The van der Waals surface area contributed by atoms with Crippen LogP contribution in [-0.2, 0) is 11.3 Å². The van der Waals surface area contributed by atoms with Crippen molar-refractivity contribution in [1.29, 1.82) is 0 Å². The van der Waals surface area contributed by atoms with E-state index in [4.69, 9.17) is 9.72 Å². The van der Waals surface area contributed by atoms with Gasteiger partial charge in [-0.15, -0.1) is 0 Å². The second-order valence-corrected chi connectivity index (χ2v) is 9.12. The fourth-order valence-electron chi connectivity index (χ4n) is 3.79. The summed E-state index contributed by atoms with van der Waals surface area (Å²) < 4.78 is 6.97. The lowest BCUT2D eigenvalue weighted by atomic mass is 10.1. The van der Waals surface area contributed by atoms with Crippen molar-refractivity contribution in [3.05, 3.63) is 94.3 Å². The molecule has 1 aromatic heterocycles. The van der Waals surface area contributed by atoms with Gasteiger partial charge in [-0.25, -0.2) is 4.98 Å². The van der Waals surface area contributed by atoms with Gasteiger partial charge in [-0.1, -0.05) is 60.3 Å². The largest absolute Gasteiger partial charge is 0.495 e. The molecule has 0 fully saturated rings. The second kappa shape index (κ2) is 11.2. The quantitative estimate of drug-likeness (QED) is 0.264. The molecule has 0 saturated heterocycles. The smallest absolute Gasteiger partial charge is 0.262 e. The molecule has 180 valence electrons. The van der Waals surface area contributed by atoms with Crippen molar-refractivity contribution >= 4 is 34.3 Å². The first-order chi connectivity index (χ1) is 17.0. The number of aryl methyl sites for hydroxylation is 1. The number of hydrogen-bond acceptors (Lipinski definition) is 6. The van der Waals surface area contributed by atoms with E-state index in [9.17, 15) is 14.7 Å². The average molecular weight is 490 g/mol. The third-order valence-corrected chi connectivity index (χ3v) is 6.79. The fraction of sp³-hybridized carbons (Fsp3) is 0.222. The molecule has 1 amide bonds. The van der Waals surface area contributed by atoms with Crippen LogP contribution in [0.25, 0.3) is 10.9 Å². The number of para-hydroxylation sites is 1. The maximum absolute atomic E-state index is 13.6. The standard InChI is InChI=1S/C27H27N3O4S/c1-18-13-14-23(34-2)22(17-18)28-25(32)24(19-9-4-3-5-10-19)35-27-29-21-12-7-6-11-20(21)26(33)30(27)15-8-16-31/h3-7,9-14,17,24,31H,8,15-16H2,1-2H3,(H,28,32)/t24-/m1/s1. The minimum atomic E-state index is -0.685. The van der Waals surface area contributed by atoms with Crippen LogP contribution in [0.4, 0.5) is 5.69 Å². The Hall–Kier alpha value is -3.62. The number of benzene rings is 3. The lowest BCUT2D eigenvalue weighted by molar-refractivity contribution is -0.115. The lowest BCUT2D eigenvalue weighted by Gasteiger charge is -2.20. The average Bonchev–Trinajstić information content (AvgIpc) is 2.87. The SMILES string of the molecule is COc1ccc(C)cc1NC(=O)[C@H](Sc1nc2ccccc2c(=O)n1CCCO)c1ccccc1. The van der Waals surface area contributed by atoms with Gasteiger partial charge in [0.15, 0.2) is 5.16 Å². The molecule has 0 spiro atoms. The van der Waals surface area contributed by atoms with Gasteiger partial charge in [0.05, 0.1) is 23.7 Å². The molecule has 0 aliphatic heterocycles. The van der Waals surface area contributed by atoms with Crippen LogP contribution in [0.15, 0.2) is 82.7 Å². The number of carbonyl (C=O) groups excluding carboxylic acids is 1. The van der Waals surface area contributed by atoms with Crippen LogP contribution in [0.1, 0.15) is 22.8 Å². The zero-order chi connectivity index (χ0) is 24.8. The molecule has 3 aromatic carbocycles. The molecule has 0 saturated carbocycles. The van der Waals surface area contributed by atoms with E-state index in [0.29, 0.717) is 40.5 Å². The van der Waals surface area contributed by atoms with Gasteiger partial charge in [0, 0.05) is 13.2 Å². The van der Waals surface area contributed by atoms with E-state index in [2.05, 4.69) is 5.32 Å². The van der Waals surface area contributed by atoms with Crippen LogP contribution < -0.4 is 15.6 Å². The maximum Gasteiger partial charge on any atom is 0.262 e. The predicted octanol–water partition coefficient (Wildman–Crippen LogP) is 4.57. The van der Waals surface area contributed by atoms with Crippen molar-refractivity contribution in [2.24, 2.45) is 0 Å². The minimum absolute atomic E-state index is 0.0564. The van der Waals surface area contributed by atoms with Gasteiger partial charge in [0.25, 0.3) is 5.56 Å². The number of hydrogen-bond donors (Lipinski definition) is 2. The summed E-state index contributed by atoms with van der Waals surface area (Å²) in [5.41, 5.74) is 2.70. The molecule has 0 radical (unpaired) electrons. The summed E-state index contributed by atoms with van der Waals surface area (Å²) in [6, 6.07) is 22.1. The summed E-state index contributed by atoms with van der Waals surface area (Å²) in [5, 5.41) is 12.6. The van der Waals surface area contributed by atoms with E-state index < -0.39 is 5.25 Å². The summed E-state index contributed by atoms with van der Waals surface area (Å²) >= 11 is 1.21. The van der Waals surface area contributed by atoms with Gasteiger partial charge in [-0.2, -0.15) is 0 Å². The van der Waals surface area contributed by atoms with Crippen molar-refractivity contribution in [2.45, 2.75) is 30.3 Å². The van der Waals surface area contributed by atoms with Crippen molar-refractivity contribution < 1.29 is 14.6 Å². The van der Waals surface area contributed by atoms with Crippen molar-refractivity contribution in [2.75, 3.05) is 19.0 Å². The Morgan fingerprint density at radius 1 is 1.11 bits per heavy atom. The molecule has 0 aliphatic rings. The maximum atomic E-state index is 13.6. The van der Waals surface area contributed by atoms with E-state index in [-0.39, 0.29) is 18.1 Å². The van der Waals surface area contributed by atoms with Crippen LogP contribution in [0, 0.1) is 6.92 Å². The molecular formula is C27H27N3O4S. The Morgan fingerprint density at radius 2 is 1.86 bits per heavy atom. The topological polar surface area (TPSA) is 93.5 Å². The van der Waals surface area contributed by atoms with E-state index in [1.807, 2.05) is 61.5 Å². The molecular weight excluding hydrogens is 462 g/mol. The molecule has 2 N–H and O–H groups in total. The van der Waals surface area contributed by atoms with Gasteiger partial charge in [-0.05, 0) is 48.7 Å². The number of aliphatic hydroxyl groups excluding tert-OH is 1. The molecule has 0 bridgehead atoms. The highest BCUT2D eigenvalue weighted by Gasteiger charge is 2.26. The molecule has 7 nitrogen and oxygen atoms in total. The monoisotopic (exact) mass is 489 g/mol. The Balaban J connectivity index is 1.77. The van der Waals surface area contributed by atoms with E-state index in [1.54, 1.807) is 29.9 Å². The first kappa shape index (κ1) is 24.5. The van der Waals surface area contributed by atoms with Crippen molar-refractivity contribution in [1.82, 2.24) is 9.55 Å². The number of nitrogens with one attached hydrogen (secondary N) is 1. The number of anilines is 1. The van der Waals surface area contributed by atoms with Gasteiger partial charge in [0.1, 0.15) is 11.0 Å². The third kappa shape index (κ3) is 5.55. The van der Waals surface area contributed by atoms with Crippen molar-refractivity contribution in [3.63, 3.8) is 0 Å². The number of aromatic nitrogens is 2. The summed E-state index contributed by atoms with van der Waals surface area (Å²) in [5.74, 6) is 0.297. The molecule has 4 aromatic rings. The van der Waals surface area contributed by atoms with E-state index in [0.717, 1.165) is 11.1 Å². The summed E-state index contributed by atoms with van der Waals surface area (Å²) in [4.78, 5) is 31.6. The molecule has 1 heterocycles. The third-order valence-electron chi connectivity index (χ3n) is 5.54. The molecule has 1 atom stereocenters. The number of carbonyl (C=O) groups is 1. The molecule has 0 unspecified atom stereocenters. The number of aliphatic hydroxyl groups is 1. The summed E-state index contributed by atoms with van der Waals surface area (Å²) in [7, 11) is 1.56. The molecule has 4 rings (SSSR count). The Labute approximate surface area is 207 Å². The van der Waals surface area contributed by atoms with Gasteiger partial charge in [0.2, 0.25) is 5.91 Å². The Morgan fingerprint density at radius 3 is 2.60 bits per heavy atom. The predicted molar refractivity (Wildman–Crippen MR) is 139 cm³/mol. The Kier molecular flexibility index (Phi) is 7.84. The van der Waals surface area contributed by atoms with Crippen LogP contribution in [-0.4, -0.2) is 34.3 Å². The molecule has 0 aliphatic carbocycles. The normalized spacial score (nSPS) is 11.9. The number of rotatable bonds is 9. The second-order valence-electron chi connectivity index (χ2n) is 8.05. The van der Waals surface area contributed by atoms with Gasteiger partial charge in [-0.3, -0.25) is 14.2 Å². The number of nitrogens with zero attached hydrogens (tertiary/aromatic N) is 2. The van der Waals surface area contributed by atoms with Gasteiger partial charge >= 0.3 is 0 Å². The highest BCUT2D eigenvalue weighted by molar-refractivity contribution is 8.00. The molecule has 35 heavy (non-hydrogen) atoms. The summed E-state index contributed by atoms with van der Waals surface area (Å²) in [6.45, 7) is 2.18. The van der Waals surface area contributed by atoms with Crippen LogP contribution in [0.3, 0.4) is 0 Å². The number of methoxy groups -OCH3 is 1. The highest BCUT2D eigenvalue weighted by atomic mass is 32.2. The van der Waals surface area contributed by atoms with E-state index in [1.165, 1.54) is 11.8 Å². The highest BCUT2D eigenvalue weighted by Crippen LogP contribution is 2.36. The van der Waals surface area contributed by atoms with Crippen LogP contribution >= 0.6 is 11.8 Å². The Bertz CT molecular complexity index is 1390. The zero-order valence-corrected chi connectivity index (χ0v) is 20.4. The van der Waals surface area contributed by atoms with Crippen molar-refractivity contribution in [3.8, 4) is 5.75 Å². The number of thioether (sulfide) groups is 1. The minimum Gasteiger partial charge on any atom is -0.495 e. The first-order valence-electron chi connectivity index (χ1n) is 11.3. The number of fused-ring (bicyclic) bond motifs is 1. The zero-order valence-electron chi connectivity index (χ0n) is 19.6. The summed E-state index contributed by atoms with van der Waals surface area (Å²) in [6.07, 6.45) is 0.399. The number of ether oxygens (including phenoxy) is 1. The number of amides is 1. The molecule has 8 heteroatoms. The van der Waals surface area contributed by atoms with Crippen LogP contribution in [0.2, 0.25) is 0 Å². The fourth-order valence-corrected chi connectivity index (χ4v) is 4.91. The van der Waals surface area contributed by atoms with E-state index >= 15 is 0 Å². The van der Waals surface area contributed by atoms with Gasteiger partial charge < -0.3 is 15.2 Å². The van der Waals surface area contributed by atoms with Crippen LogP contribution in [0.5, 0.6) is 5.75 Å². The first-order valence-corrected chi connectivity index (χ1v) is 12.2. The lowest BCUT2D eigenvalue weighted by Crippen LogP contribution is -2.26.